The van der Waals surface area contributed by atoms with Gasteiger partial charge in [-0.15, -0.1) is 0 Å². The number of anilines is 1. The van der Waals surface area contributed by atoms with Gasteiger partial charge in [0.1, 0.15) is 16.8 Å². The Morgan fingerprint density at radius 2 is 1.79 bits per heavy atom. The molecule has 4 aliphatic carbocycles. The van der Waals surface area contributed by atoms with Crippen molar-refractivity contribution >= 4 is 17.4 Å². The lowest BCUT2D eigenvalue weighted by atomic mass is 10.0. The third-order valence-electron chi connectivity index (χ3n) is 5.70. The summed E-state index contributed by atoms with van der Waals surface area (Å²) < 4.78 is 0. The van der Waals surface area contributed by atoms with Crippen LogP contribution in [0.25, 0.3) is 0 Å². The molecule has 0 saturated heterocycles. The molecule has 4 aliphatic rings. The van der Waals surface area contributed by atoms with Gasteiger partial charge in [-0.05, 0) is 55.8 Å². The van der Waals surface area contributed by atoms with E-state index in [0.717, 1.165) is 35.3 Å². The maximum atomic E-state index is 6.12. The van der Waals surface area contributed by atoms with Crippen molar-refractivity contribution < 1.29 is 0 Å². The summed E-state index contributed by atoms with van der Waals surface area (Å²) >= 11 is 6.12. The van der Waals surface area contributed by atoms with E-state index < -0.39 is 0 Å². The van der Waals surface area contributed by atoms with Gasteiger partial charge in [-0.2, -0.15) is 0 Å². The van der Waals surface area contributed by atoms with Crippen LogP contribution in [0, 0.1) is 23.7 Å². The zero-order valence-electron chi connectivity index (χ0n) is 10.8. The van der Waals surface area contributed by atoms with Crippen LogP contribution < -0.4 is 5.32 Å². The highest BCUT2D eigenvalue weighted by Crippen LogP contribution is 2.66. The van der Waals surface area contributed by atoms with Crippen molar-refractivity contribution in [2.24, 2.45) is 23.7 Å². The van der Waals surface area contributed by atoms with Crippen LogP contribution >= 0.6 is 11.6 Å². The molecule has 2 bridgehead atoms. The zero-order valence-corrected chi connectivity index (χ0v) is 11.6. The second kappa shape index (κ2) is 3.63. The molecule has 4 unspecified atom stereocenters. The van der Waals surface area contributed by atoms with Gasteiger partial charge in [-0.3, -0.25) is 0 Å². The number of hydrogen-bond donors (Lipinski definition) is 1. The average Bonchev–Trinajstić information content (AvgIpc) is 3.28. The molecule has 4 heteroatoms. The van der Waals surface area contributed by atoms with E-state index in [1.807, 2.05) is 6.07 Å². The molecule has 100 valence electrons. The SMILES string of the molecule is Clc1cc(NC2C3C4CCC(C4)C23)nc(C2CC2)n1. The molecule has 4 atom stereocenters. The highest BCUT2D eigenvalue weighted by molar-refractivity contribution is 6.29. The first kappa shape index (κ1) is 10.9. The summed E-state index contributed by atoms with van der Waals surface area (Å²) in [5.41, 5.74) is 0. The van der Waals surface area contributed by atoms with Crippen LogP contribution in [-0.4, -0.2) is 16.0 Å². The Hall–Kier alpha value is -0.830. The molecule has 0 aromatic carbocycles. The minimum atomic E-state index is 0.564. The first-order chi connectivity index (χ1) is 9.29. The lowest BCUT2D eigenvalue weighted by Crippen LogP contribution is -2.14. The Kier molecular flexibility index (Phi) is 2.08. The van der Waals surface area contributed by atoms with E-state index in [1.54, 1.807) is 0 Å². The van der Waals surface area contributed by atoms with Gasteiger partial charge in [0, 0.05) is 18.0 Å². The van der Waals surface area contributed by atoms with Gasteiger partial charge in [-0.25, -0.2) is 9.97 Å². The second-order valence-corrected chi connectivity index (χ2v) is 7.25. The number of aromatic nitrogens is 2. The smallest absolute Gasteiger partial charge is 0.135 e. The molecule has 0 aliphatic heterocycles. The van der Waals surface area contributed by atoms with E-state index >= 15 is 0 Å². The number of rotatable bonds is 3. The van der Waals surface area contributed by atoms with E-state index in [4.69, 9.17) is 11.6 Å². The third-order valence-corrected chi connectivity index (χ3v) is 5.90. The van der Waals surface area contributed by atoms with Crippen molar-refractivity contribution in [2.75, 3.05) is 5.32 Å². The Morgan fingerprint density at radius 3 is 2.47 bits per heavy atom. The lowest BCUT2D eigenvalue weighted by Gasteiger charge is -2.12. The van der Waals surface area contributed by atoms with Gasteiger partial charge in [-0.1, -0.05) is 11.6 Å². The number of fused-ring (bicyclic) bond motifs is 5. The Labute approximate surface area is 118 Å². The van der Waals surface area contributed by atoms with Crippen molar-refractivity contribution in [2.45, 2.75) is 44.1 Å². The Morgan fingerprint density at radius 1 is 1.05 bits per heavy atom. The van der Waals surface area contributed by atoms with Crippen LogP contribution in [-0.2, 0) is 0 Å². The normalized spacial score (nSPS) is 42.3. The van der Waals surface area contributed by atoms with Gasteiger partial charge in [0.2, 0.25) is 0 Å². The van der Waals surface area contributed by atoms with Crippen molar-refractivity contribution in [3.05, 3.63) is 17.0 Å². The molecule has 0 spiro atoms. The fourth-order valence-corrected chi connectivity index (χ4v) is 4.91. The summed E-state index contributed by atoms with van der Waals surface area (Å²) in [6, 6.07) is 2.56. The summed E-state index contributed by atoms with van der Waals surface area (Å²) in [6.45, 7) is 0. The molecule has 1 aromatic heterocycles. The maximum absolute atomic E-state index is 6.12. The van der Waals surface area contributed by atoms with Crippen LogP contribution in [0.2, 0.25) is 5.15 Å². The van der Waals surface area contributed by atoms with Crippen LogP contribution in [0.3, 0.4) is 0 Å². The third kappa shape index (κ3) is 1.63. The molecule has 1 heterocycles. The van der Waals surface area contributed by atoms with E-state index in [9.17, 15) is 0 Å². The predicted molar refractivity (Wildman–Crippen MR) is 74.2 cm³/mol. The summed E-state index contributed by atoms with van der Waals surface area (Å²) in [4.78, 5) is 9.02. The highest BCUT2D eigenvalue weighted by atomic mass is 35.5. The zero-order chi connectivity index (χ0) is 12.6. The summed E-state index contributed by atoms with van der Waals surface area (Å²) in [7, 11) is 0. The van der Waals surface area contributed by atoms with E-state index in [1.165, 1.54) is 32.1 Å². The van der Waals surface area contributed by atoms with Crippen LogP contribution in [0.15, 0.2) is 6.07 Å². The second-order valence-electron chi connectivity index (χ2n) is 6.87. The van der Waals surface area contributed by atoms with E-state index in [2.05, 4.69) is 15.3 Å². The van der Waals surface area contributed by atoms with E-state index in [-0.39, 0.29) is 0 Å². The first-order valence-electron chi connectivity index (χ1n) is 7.60. The Bertz CT molecular complexity index is 526. The molecule has 1 N–H and O–H groups in total. The lowest BCUT2D eigenvalue weighted by molar-refractivity contribution is 0.456. The van der Waals surface area contributed by atoms with Crippen LogP contribution in [0.1, 0.15) is 43.8 Å². The molecule has 0 radical (unpaired) electrons. The Balaban J connectivity index is 1.37. The summed E-state index contributed by atoms with van der Waals surface area (Å²) in [6.07, 6.45) is 6.85. The molecule has 4 fully saturated rings. The molecule has 0 amide bonds. The van der Waals surface area contributed by atoms with Crippen molar-refractivity contribution in [3.8, 4) is 0 Å². The molecule has 5 rings (SSSR count). The average molecular weight is 276 g/mol. The van der Waals surface area contributed by atoms with E-state index in [0.29, 0.717) is 17.1 Å². The number of nitrogens with one attached hydrogen (secondary N) is 1. The molecule has 1 aromatic rings. The molecule has 3 nitrogen and oxygen atoms in total. The van der Waals surface area contributed by atoms with Crippen molar-refractivity contribution in [1.29, 1.82) is 0 Å². The molecule has 19 heavy (non-hydrogen) atoms. The first-order valence-corrected chi connectivity index (χ1v) is 7.98. The summed E-state index contributed by atoms with van der Waals surface area (Å²) in [5.74, 6) is 6.31. The fourth-order valence-electron chi connectivity index (χ4n) is 4.72. The van der Waals surface area contributed by atoms with Crippen molar-refractivity contribution in [3.63, 3.8) is 0 Å². The number of nitrogens with zero attached hydrogens (tertiary/aromatic N) is 2. The monoisotopic (exact) mass is 275 g/mol. The van der Waals surface area contributed by atoms with Crippen molar-refractivity contribution in [1.82, 2.24) is 9.97 Å². The minimum absolute atomic E-state index is 0.564. The topological polar surface area (TPSA) is 37.8 Å². The van der Waals surface area contributed by atoms with Gasteiger partial charge in [0.15, 0.2) is 0 Å². The standard InChI is InChI=1S/C15H18ClN3/c16-10-6-11(19-15(17-10)7-1-2-7)18-14-12-8-3-4-9(5-8)13(12)14/h6-9,12-14H,1-5H2,(H,17,18,19). The van der Waals surface area contributed by atoms with Crippen LogP contribution in [0.5, 0.6) is 0 Å². The predicted octanol–water partition coefficient (Wildman–Crippen LogP) is 3.46. The molecule has 4 saturated carbocycles. The number of halogens is 1. The van der Waals surface area contributed by atoms with Gasteiger partial charge >= 0.3 is 0 Å². The fraction of sp³-hybridized carbons (Fsp3) is 0.733. The van der Waals surface area contributed by atoms with Gasteiger partial charge < -0.3 is 5.32 Å². The maximum Gasteiger partial charge on any atom is 0.135 e. The number of hydrogen-bond acceptors (Lipinski definition) is 3. The largest absolute Gasteiger partial charge is 0.367 e. The molecular formula is C15H18ClN3. The minimum Gasteiger partial charge on any atom is -0.367 e. The summed E-state index contributed by atoms with van der Waals surface area (Å²) in [5, 5.41) is 4.24. The van der Waals surface area contributed by atoms with Crippen LogP contribution in [0.4, 0.5) is 5.82 Å². The highest BCUT2D eigenvalue weighted by Gasteiger charge is 2.65. The molecular weight excluding hydrogens is 258 g/mol. The quantitative estimate of drug-likeness (QED) is 0.859. The van der Waals surface area contributed by atoms with Gasteiger partial charge in [0.05, 0.1) is 0 Å². The van der Waals surface area contributed by atoms with Gasteiger partial charge in [0.25, 0.3) is 0 Å².